The summed E-state index contributed by atoms with van der Waals surface area (Å²) in [5, 5.41) is 13.3. The molecule has 0 aliphatic carbocycles. The number of phenolic OH excluding ortho intramolecular Hbond substituents is 1. The molecular formula is C15H24N2O3. The van der Waals surface area contributed by atoms with Crippen LogP contribution in [0.15, 0.2) is 18.2 Å². The lowest BCUT2D eigenvalue weighted by Crippen LogP contribution is -2.46. The molecule has 2 N–H and O–H groups in total. The van der Waals surface area contributed by atoms with Gasteiger partial charge in [-0.15, -0.1) is 0 Å². The summed E-state index contributed by atoms with van der Waals surface area (Å²) in [5.41, 5.74) is 0.840. The fourth-order valence-corrected chi connectivity index (χ4v) is 2.43. The number of morpholine rings is 1. The van der Waals surface area contributed by atoms with E-state index < -0.39 is 0 Å². The van der Waals surface area contributed by atoms with Crippen LogP contribution in [-0.2, 0) is 11.3 Å². The minimum absolute atomic E-state index is 0.210. The summed E-state index contributed by atoms with van der Waals surface area (Å²) in [6, 6.07) is 5.53. The van der Waals surface area contributed by atoms with Gasteiger partial charge in [0, 0.05) is 31.7 Å². The fraction of sp³-hybridized carbons (Fsp3) is 0.600. The molecule has 112 valence electrons. The van der Waals surface area contributed by atoms with E-state index in [1.807, 2.05) is 12.1 Å². The van der Waals surface area contributed by atoms with Crippen LogP contribution in [-0.4, -0.2) is 56.0 Å². The molecule has 1 saturated heterocycles. The highest BCUT2D eigenvalue weighted by atomic mass is 16.5. The number of aromatic hydroxyl groups is 1. The van der Waals surface area contributed by atoms with Gasteiger partial charge in [0.25, 0.3) is 0 Å². The van der Waals surface area contributed by atoms with E-state index in [0.717, 1.165) is 38.3 Å². The Labute approximate surface area is 120 Å². The predicted molar refractivity (Wildman–Crippen MR) is 78.2 cm³/mol. The molecule has 20 heavy (non-hydrogen) atoms. The van der Waals surface area contributed by atoms with Gasteiger partial charge in [-0.05, 0) is 12.6 Å². The summed E-state index contributed by atoms with van der Waals surface area (Å²) in [5.74, 6) is 0.720. The quantitative estimate of drug-likeness (QED) is 0.820. The largest absolute Gasteiger partial charge is 0.504 e. The summed E-state index contributed by atoms with van der Waals surface area (Å²) < 4.78 is 10.8. The van der Waals surface area contributed by atoms with E-state index in [0.29, 0.717) is 12.3 Å². The lowest BCUT2D eigenvalue weighted by Gasteiger charge is -2.32. The smallest absolute Gasteiger partial charge is 0.162 e. The van der Waals surface area contributed by atoms with Crippen molar-refractivity contribution in [3.05, 3.63) is 23.8 Å². The molecule has 2 rings (SSSR count). The van der Waals surface area contributed by atoms with Crippen molar-refractivity contribution in [2.75, 3.05) is 39.9 Å². The second kappa shape index (κ2) is 7.47. The number of nitrogens with one attached hydrogen (secondary N) is 1. The standard InChI is InChI=1S/C15H24N2O3/c1-3-17-7-8-20-13(11-17)10-16-9-12-5-4-6-14(19-2)15(12)18/h4-6,13,16,18H,3,7-11H2,1-2H3. The molecule has 1 aromatic rings. The van der Waals surface area contributed by atoms with Crippen molar-refractivity contribution in [3.8, 4) is 11.5 Å². The second-order valence-electron chi connectivity index (χ2n) is 4.98. The highest BCUT2D eigenvalue weighted by molar-refractivity contribution is 5.45. The van der Waals surface area contributed by atoms with Gasteiger partial charge in [0.2, 0.25) is 0 Å². The van der Waals surface area contributed by atoms with Crippen molar-refractivity contribution in [2.24, 2.45) is 0 Å². The molecule has 5 heteroatoms. The zero-order chi connectivity index (χ0) is 14.4. The van der Waals surface area contributed by atoms with Crippen LogP contribution in [0.25, 0.3) is 0 Å². The molecule has 1 fully saturated rings. The Kier molecular flexibility index (Phi) is 5.64. The molecule has 5 nitrogen and oxygen atoms in total. The fourth-order valence-electron chi connectivity index (χ4n) is 2.43. The minimum atomic E-state index is 0.210. The van der Waals surface area contributed by atoms with Crippen molar-refractivity contribution in [3.63, 3.8) is 0 Å². The van der Waals surface area contributed by atoms with Gasteiger partial charge >= 0.3 is 0 Å². The number of methoxy groups -OCH3 is 1. The van der Waals surface area contributed by atoms with E-state index in [1.54, 1.807) is 13.2 Å². The van der Waals surface area contributed by atoms with Crippen molar-refractivity contribution in [1.29, 1.82) is 0 Å². The van der Waals surface area contributed by atoms with Crippen molar-refractivity contribution < 1.29 is 14.6 Å². The van der Waals surface area contributed by atoms with E-state index in [9.17, 15) is 5.11 Å². The maximum Gasteiger partial charge on any atom is 0.162 e. The first-order valence-corrected chi connectivity index (χ1v) is 7.14. The Morgan fingerprint density at radius 2 is 2.35 bits per heavy atom. The maximum atomic E-state index is 10.0. The first-order valence-electron chi connectivity index (χ1n) is 7.14. The lowest BCUT2D eigenvalue weighted by atomic mass is 10.2. The number of hydrogen-bond donors (Lipinski definition) is 2. The third kappa shape index (κ3) is 3.85. The highest BCUT2D eigenvalue weighted by Gasteiger charge is 2.18. The number of likely N-dealkylation sites (N-methyl/N-ethyl adjacent to an activating group) is 1. The molecule has 1 atom stereocenters. The van der Waals surface area contributed by atoms with E-state index in [1.165, 1.54) is 0 Å². The SMILES string of the molecule is CCN1CCOC(CNCc2cccc(OC)c2O)C1. The second-order valence-corrected chi connectivity index (χ2v) is 4.98. The van der Waals surface area contributed by atoms with E-state index in [-0.39, 0.29) is 11.9 Å². The summed E-state index contributed by atoms with van der Waals surface area (Å²) in [7, 11) is 1.56. The predicted octanol–water partition coefficient (Wildman–Crippen LogP) is 1.21. The number of benzene rings is 1. The van der Waals surface area contributed by atoms with Crippen LogP contribution in [0.5, 0.6) is 11.5 Å². The molecule has 0 saturated carbocycles. The summed E-state index contributed by atoms with van der Waals surface area (Å²) in [6.45, 7) is 7.41. The van der Waals surface area contributed by atoms with Gasteiger partial charge in [0.15, 0.2) is 11.5 Å². The summed E-state index contributed by atoms with van der Waals surface area (Å²) >= 11 is 0. The Hall–Kier alpha value is -1.30. The van der Waals surface area contributed by atoms with Crippen LogP contribution in [0.3, 0.4) is 0 Å². The molecule has 1 aromatic carbocycles. The zero-order valence-electron chi connectivity index (χ0n) is 12.3. The number of para-hydroxylation sites is 1. The van der Waals surface area contributed by atoms with Crippen LogP contribution in [0.4, 0.5) is 0 Å². The summed E-state index contributed by atoms with van der Waals surface area (Å²) in [6.07, 6.45) is 0.219. The first-order chi connectivity index (χ1) is 9.74. The number of ether oxygens (including phenoxy) is 2. The van der Waals surface area contributed by atoms with E-state index in [2.05, 4.69) is 17.1 Å². The van der Waals surface area contributed by atoms with Crippen LogP contribution in [0.1, 0.15) is 12.5 Å². The van der Waals surface area contributed by atoms with Crippen LogP contribution < -0.4 is 10.1 Å². The molecule has 0 amide bonds. The Morgan fingerprint density at radius 1 is 1.50 bits per heavy atom. The van der Waals surface area contributed by atoms with Gasteiger partial charge in [0.05, 0.1) is 19.8 Å². The molecule has 1 unspecified atom stereocenters. The number of nitrogens with zero attached hydrogens (tertiary/aromatic N) is 1. The average molecular weight is 280 g/mol. The monoisotopic (exact) mass is 280 g/mol. The van der Waals surface area contributed by atoms with Crippen LogP contribution in [0.2, 0.25) is 0 Å². The number of phenols is 1. The van der Waals surface area contributed by atoms with Crippen molar-refractivity contribution >= 4 is 0 Å². The van der Waals surface area contributed by atoms with Crippen molar-refractivity contribution in [1.82, 2.24) is 10.2 Å². The van der Waals surface area contributed by atoms with E-state index in [4.69, 9.17) is 9.47 Å². The van der Waals surface area contributed by atoms with Crippen molar-refractivity contribution in [2.45, 2.75) is 19.6 Å². The topological polar surface area (TPSA) is 54.0 Å². The molecule has 0 radical (unpaired) electrons. The average Bonchev–Trinajstić information content (AvgIpc) is 2.49. The molecule has 0 aromatic heterocycles. The lowest BCUT2D eigenvalue weighted by molar-refractivity contribution is -0.0253. The van der Waals surface area contributed by atoms with Gasteiger partial charge in [0.1, 0.15) is 0 Å². The van der Waals surface area contributed by atoms with Gasteiger partial charge in [-0.1, -0.05) is 19.1 Å². The molecule has 1 aliphatic heterocycles. The van der Waals surface area contributed by atoms with Gasteiger partial charge in [-0.3, -0.25) is 4.90 Å². The normalized spacial score (nSPS) is 20.0. The summed E-state index contributed by atoms with van der Waals surface area (Å²) in [4.78, 5) is 2.39. The third-order valence-electron chi connectivity index (χ3n) is 3.66. The van der Waals surface area contributed by atoms with Gasteiger partial charge in [-0.25, -0.2) is 0 Å². The Morgan fingerprint density at radius 3 is 3.10 bits per heavy atom. The highest BCUT2D eigenvalue weighted by Crippen LogP contribution is 2.29. The molecule has 0 spiro atoms. The van der Waals surface area contributed by atoms with Gasteiger partial charge < -0.3 is 19.9 Å². The molecule has 1 aliphatic rings. The number of rotatable bonds is 6. The Balaban J connectivity index is 1.81. The molecular weight excluding hydrogens is 256 g/mol. The third-order valence-corrected chi connectivity index (χ3v) is 3.66. The van der Waals surface area contributed by atoms with Crippen LogP contribution in [0, 0.1) is 0 Å². The maximum absolute atomic E-state index is 10.0. The first kappa shape index (κ1) is 15.1. The molecule has 0 bridgehead atoms. The zero-order valence-corrected chi connectivity index (χ0v) is 12.3. The van der Waals surface area contributed by atoms with Crippen LogP contribution >= 0.6 is 0 Å². The molecule has 1 heterocycles. The number of hydrogen-bond acceptors (Lipinski definition) is 5. The Bertz CT molecular complexity index is 426. The minimum Gasteiger partial charge on any atom is -0.504 e. The van der Waals surface area contributed by atoms with E-state index >= 15 is 0 Å². The van der Waals surface area contributed by atoms with Gasteiger partial charge in [-0.2, -0.15) is 0 Å².